The molecule has 2 aromatic rings. The van der Waals surface area contributed by atoms with Gasteiger partial charge in [0.2, 0.25) is 0 Å². The van der Waals surface area contributed by atoms with Gasteiger partial charge in [-0.15, -0.1) is 0 Å². The lowest BCUT2D eigenvalue weighted by Crippen LogP contribution is -2.47. The fourth-order valence-electron chi connectivity index (χ4n) is 3.38. The van der Waals surface area contributed by atoms with Gasteiger partial charge in [-0.1, -0.05) is 42.5 Å². The Kier molecular flexibility index (Phi) is 5.66. The standard InChI is InChI=1S/C23H29NO4/c1-17(18-9-8-12-20(15-18)27-16-22(2,3)26)24-14-13-23(4,28-21(24)25)19-10-6-5-7-11-19/h5-12,15,17,26H,13-14,16H2,1-4H3/t17-,23+/m0/s1. The molecule has 28 heavy (non-hydrogen) atoms. The molecular weight excluding hydrogens is 354 g/mol. The number of rotatable bonds is 6. The van der Waals surface area contributed by atoms with Crippen LogP contribution in [0, 0.1) is 0 Å². The van der Waals surface area contributed by atoms with Gasteiger partial charge in [-0.25, -0.2) is 4.79 Å². The molecule has 150 valence electrons. The molecule has 1 fully saturated rings. The number of aliphatic hydroxyl groups is 1. The van der Waals surface area contributed by atoms with E-state index < -0.39 is 11.2 Å². The Hall–Kier alpha value is -2.53. The third-order valence-corrected chi connectivity index (χ3v) is 5.16. The lowest BCUT2D eigenvalue weighted by molar-refractivity contribution is -0.0491. The van der Waals surface area contributed by atoms with Gasteiger partial charge in [0.25, 0.3) is 0 Å². The lowest BCUT2D eigenvalue weighted by atomic mass is 9.90. The molecule has 5 heteroatoms. The van der Waals surface area contributed by atoms with E-state index in [9.17, 15) is 9.90 Å². The predicted molar refractivity (Wildman–Crippen MR) is 108 cm³/mol. The third kappa shape index (κ3) is 4.65. The Bertz CT molecular complexity index is 815. The second-order valence-corrected chi connectivity index (χ2v) is 8.26. The van der Waals surface area contributed by atoms with Crippen molar-refractivity contribution in [3.8, 4) is 5.75 Å². The van der Waals surface area contributed by atoms with Gasteiger partial charge in [-0.3, -0.25) is 0 Å². The molecule has 1 heterocycles. The highest BCUT2D eigenvalue weighted by Crippen LogP contribution is 2.36. The molecule has 0 bridgehead atoms. The van der Waals surface area contributed by atoms with Crippen molar-refractivity contribution in [1.82, 2.24) is 4.90 Å². The molecule has 2 atom stereocenters. The molecule has 2 aromatic carbocycles. The minimum atomic E-state index is -0.903. The van der Waals surface area contributed by atoms with Crippen LogP contribution in [0.15, 0.2) is 54.6 Å². The Morgan fingerprint density at radius 2 is 1.93 bits per heavy atom. The lowest BCUT2D eigenvalue weighted by Gasteiger charge is -2.41. The van der Waals surface area contributed by atoms with E-state index in [1.807, 2.05) is 68.4 Å². The van der Waals surface area contributed by atoms with E-state index in [2.05, 4.69) is 0 Å². The van der Waals surface area contributed by atoms with Crippen LogP contribution in [0.5, 0.6) is 5.75 Å². The number of hydrogen-bond donors (Lipinski definition) is 1. The first-order chi connectivity index (χ1) is 13.2. The highest BCUT2D eigenvalue weighted by atomic mass is 16.6. The number of ether oxygens (including phenoxy) is 2. The molecule has 0 aromatic heterocycles. The second kappa shape index (κ2) is 7.84. The smallest absolute Gasteiger partial charge is 0.411 e. The van der Waals surface area contributed by atoms with Crippen molar-refractivity contribution < 1.29 is 19.4 Å². The third-order valence-electron chi connectivity index (χ3n) is 5.16. The van der Waals surface area contributed by atoms with Gasteiger partial charge in [0.05, 0.1) is 11.6 Å². The maximum Gasteiger partial charge on any atom is 0.411 e. The minimum Gasteiger partial charge on any atom is -0.491 e. The molecule has 5 nitrogen and oxygen atoms in total. The summed E-state index contributed by atoms with van der Waals surface area (Å²) in [6.45, 7) is 8.17. The summed E-state index contributed by atoms with van der Waals surface area (Å²) in [6, 6.07) is 17.4. The highest BCUT2D eigenvalue weighted by molar-refractivity contribution is 5.70. The monoisotopic (exact) mass is 383 g/mol. The highest BCUT2D eigenvalue weighted by Gasteiger charge is 2.39. The van der Waals surface area contributed by atoms with E-state index in [4.69, 9.17) is 9.47 Å². The predicted octanol–water partition coefficient (Wildman–Crippen LogP) is 4.66. The number of amides is 1. The van der Waals surface area contributed by atoms with Gasteiger partial charge >= 0.3 is 6.09 Å². The Labute approximate surface area is 166 Å². The normalized spacial score (nSPS) is 21.2. The molecule has 1 aliphatic heterocycles. The maximum atomic E-state index is 12.8. The summed E-state index contributed by atoms with van der Waals surface area (Å²) in [5.74, 6) is 0.672. The molecule has 0 saturated carbocycles. The van der Waals surface area contributed by atoms with Crippen LogP contribution in [-0.4, -0.2) is 34.9 Å². The van der Waals surface area contributed by atoms with Crippen molar-refractivity contribution in [2.75, 3.05) is 13.2 Å². The second-order valence-electron chi connectivity index (χ2n) is 8.26. The van der Waals surface area contributed by atoms with Gasteiger partial charge < -0.3 is 19.5 Å². The number of cyclic esters (lactones) is 1. The maximum absolute atomic E-state index is 12.8. The quantitative estimate of drug-likeness (QED) is 0.788. The number of nitrogens with zero attached hydrogens (tertiary/aromatic N) is 1. The van der Waals surface area contributed by atoms with E-state index in [0.29, 0.717) is 12.3 Å². The molecule has 1 N–H and O–H groups in total. The molecule has 0 unspecified atom stereocenters. The van der Waals surface area contributed by atoms with Crippen molar-refractivity contribution in [2.24, 2.45) is 0 Å². The van der Waals surface area contributed by atoms with Crippen LogP contribution in [-0.2, 0) is 10.3 Å². The van der Waals surface area contributed by atoms with Crippen LogP contribution in [0.1, 0.15) is 51.3 Å². The summed E-state index contributed by atoms with van der Waals surface area (Å²) in [5.41, 5.74) is 0.470. The van der Waals surface area contributed by atoms with Gasteiger partial charge in [0, 0.05) is 13.0 Å². The molecule has 0 radical (unpaired) electrons. The van der Waals surface area contributed by atoms with E-state index >= 15 is 0 Å². The summed E-state index contributed by atoms with van der Waals surface area (Å²) >= 11 is 0. The van der Waals surface area contributed by atoms with Gasteiger partial charge in [0.1, 0.15) is 18.0 Å². The largest absolute Gasteiger partial charge is 0.491 e. The van der Waals surface area contributed by atoms with Crippen molar-refractivity contribution in [3.63, 3.8) is 0 Å². The minimum absolute atomic E-state index is 0.140. The zero-order valence-electron chi connectivity index (χ0n) is 17.0. The first kappa shape index (κ1) is 20.2. The number of benzene rings is 2. The number of carbonyl (C=O) groups is 1. The van der Waals surface area contributed by atoms with Crippen LogP contribution in [0.2, 0.25) is 0 Å². The number of hydrogen-bond acceptors (Lipinski definition) is 4. The Balaban J connectivity index is 1.70. The molecular formula is C23H29NO4. The molecule has 3 rings (SSSR count). The van der Waals surface area contributed by atoms with Crippen LogP contribution in [0.4, 0.5) is 4.79 Å². The molecule has 0 aliphatic carbocycles. The van der Waals surface area contributed by atoms with Crippen LogP contribution in [0.3, 0.4) is 0 Å². The van der Waals surface area contributed by atoms with Crippen LogP contribution < -0.4 is 4.74 Å². The molecule has 1 amide bonds. The van der Waals surface area contributed by atoms with E-state index in [1.165, 1.54) is 0 Å². The SMILES string of the molecule is C[C@@H](c1cccc(OCC(C)(C)O)c1)N1CC[C@](C)(c2ccccc2)OC1=O. The van der Waals surface area contributed by atoms with Crippen molar-refractivity contribution in [1.29, 1.82) is 0 Å². The van der Waals surface area contributed by atoms with Gasteiger partial charge in [-0.05, 0) is 51.0 Å². The van der Waals surface area contributed by atoms with Crippen molar-refractivity contribution in [3.05, 3.63) is 65.7 Å². The molecule has 1 saturated heterocycles. The first-order valence-electron chi connectivity index (χ1n) is 9.68. The summed E-state index contributed by atoms with van der Waals surface area (Å²) in [4.78, 5) is 14.5. The molecule has 0 spiro atoms. The summed E-state index contributed by atoms with van der Waals surface area (Å²) in [6.07, 6.45) is 0.412. The summed E-state index contributed by atoms with van der Waals surface area (Å²) < 4.78 is 11.5. The first-order valence-corrected chi connectivity index (χ1v) is 9.68. The van der Waals surface area contributed by atoms with Crippen LogP contribution in [0.25, 0.3) is 0 Å². The van der Waals surface area contributed by atoms with E-state index in [-0.39, 0.29) is 18.7 Å². The Morgan fingerprint density at radius 1 is 1.21 bits per heavy atom. The van der Waals surface area contributed by atoms with Gasteiger partial charge in [-0.2, -0.15) is 0 Å². The fourth-order valence-corrected chi connectivity index (χ4v) is 3.38. The fraction of sp³-hybridized carbons (Fsp3) is 0.435. The number of carbonyl (C=O) groups excluding carboxylic acids is 1. The van der Waals surface area contributed by atoms with Crippen LogP contribution >= 0.6 is 0 Å². The zero-order chi connectivity index (χ0) is 20.4. The zero-order valence-corrected chi connectivity index (χ0v) is 17.0. The summed E-state index contributed by atoms with van der Waals surface area (Å²) in [5, 5.41) is 9.84. The van der Waals surface area contributed by atoms with Crippen molar-refractivity contribution >= 4 is 6.09 Å². The van der Waals surface area contributed by atoms with Gasteiger partial charge in [0.15, 0.2) is 0 Å². The van der Waals surface area contributed by atoms with Crippen molar-refractivity contribution in [2.45, 2.75) is 51.4 Å². The topological polar surface area (TPSA) is 59.0 Å². The Morgan fingerprint density at radius 3 is 2.57 bits per heavy atom. The summed E-state index contributed by atoms with van der Waals surface area (Å²) in [7, 11) is 0. The average Bonchev–Trinajstić information content (AvgIpc) is 2.66. The average molecular weight is 383 g/mol. The van der Waals surface area contributed by atoms with E-state index in [0.717, 1.165) is 17.5 Å². The molecule has 1 aliphatic rings. The van der Waals surface area contributed by atoms with E-state index in [1.54, 1.807) is 18.7 Å².